The van der Waals surface area contributed by atoms with Gasteiger partial charge >= 0.3 is 0 Å². The van der Waals surface area contributed by atoms with E-state index in [1.54, 1.807) is 25.1 Å². The van der Waals surface area contributed by atoms with Gasteiger partial charge in [0.1, 0.15) is 0 Å². The van der Waals surface area contributed by atoms with Gasteiger partial charge < -0.3 is 4.74 Å². The number of hydrogen-bond donors (Lipinski definition) is 1. The Hall–Kier alpha value is -1.64. The van der Waals surface area contributed by atoms with Crippen LogP contribution in [-0.2, 0) is 10.0 Å². The first-order valence-electron chi connectivity index (χ1n) is 7.23. The molecule has 130 valence electrons. The van der Waals surface area contributed by atoms with E-state index >= 15 is 0 Å². The molecule has 0 bridgehead atoms. The van der Waals surface area contributed by atoms with E-state index < -0.39 is 27.4 Å². The molecule has 2 aromatic carbocycles. The van der Waals surface area contributed by atoms with Gasteiger partial charge in [0.05, 0.1) is 11.5 Å². The van der Waals surface area contributed by atoms with Crippen molar-refractivity contribution in [1.82, 2.24) is 4.72 Å². The smallest absolute Gasteiger partial charge is 0.240 e. The summed E-state index contributed by atoms with van der Waals surface area (Å²) >= 11 is 1.15. The van der Waals surface area contributed by atoms with Crippen molar-refractivity contribution < 1.29 is 21.9 Å². The summed E-state index contributed by atoms with van der Waals surface area (Å²) in [5, 5.41) is 0. The highest BCUT2D eigenvalue weighted by molar-refractivity contribution is 7.99. The molecule has 4 nitrogen and oxygen atoms in total. The molecule has 0 radical (unpaired) electrons. The first-order valence-corrected chi connectivity index (χ1v) is 9.70. The van der Waals surface area contributed by atoms with E-state index in [-0.39, 0.29) is 18.0 Å². The molecule has 0 fully saturated rings. The lowest BCUT2D eigenvalue weighted by Gasteiger charge is -2.09. The van der Waals surface area contributed by atoms with Gasteiger partial charge in [-0.1, -0.05) is 18.2 Å². The highest BCUT2D eigenvalue weighted by Crippen LogP contribution is 2.28. The Morgan fingerprint density at radius 3 is 2.33 bits per heavy atom. The number of rotatable bonds is 8. The van der Waals surface area contributed by atoms with Crippen LogP contribution in [0.4, 0.5) is 8.78 Å². The Morgan fingerprint density at radius 1 is 1.12 bits per heavy atom. The van der Waals surface area contributed by atoms with Gasteiger partial charge in [0.2, 0.25) is 10.0 Å². The minimum absolute atomic E-state index is 0.137. The van der Waals surface area contributed by atoms with E-state index in [0.717, 1.165) is 11.8 Å². The van der Waals surface area contributed by atoms with Crippen LogP contribution in [0.15, 0.2) is 52.3 Å². The summed E-state index contributed by atoms with van der Waals surface area (Å²) in [6.45, 7) is 1.94. The van der Waals surface area contributed by atoms with Crippen molar-refractivity contribution in [3.8, 4) is 5.75 Å². The third-order valence-electron chi connectivity index (χ3n) is 2.98. The van der Waals surface area contributed by atoms with E-state index in [4.69, 9.17) is 4.74 Å². The molecule has 2 aromatic rings. The molecule has 0 aliphatic carbocycles. The normalized spacial score (nSPS) is 11.5. The average molecular weight is 373 g/mol. The molecule has 0 aliphatic heterocycles. The van der Waals surface area contributed by atoms with Crippen LogP contribution >= 0.6 is 11.8 Å². The fourth-order valence-corrected chi connectivity index (χ4v) is 3.93. The highest BCUT2D eigenvalue weighted by Gasteiger charge is 2.14. The first kappa shape index (κ1) is 18.7. The van der Waals surface area contributed by atoms with Gasteiger partial charge in [-0.2, -0.15) is 0 Å². The average Bonchev–Trinajstić information content (AvgIpc) is 2.56. The van der Waals surface area contributed by atoms with Gasteiger partial charge in [0, 0.05) is 17.2 Å². The SMILES string of the molecule is CCOc1c(F)cc(SCCNS(=O)(=O)c2ccccc2)cc1F. The van der Waals surface area contributed by atoms with E-state index in [0.29, 0.717) is 10.6 Å². The molecular weight excluding hydrogens is 356 g/mol. The maximum absolute atomic E-state index is 13.7. The quantitative estimate of drug-likeness (QED) is 0.569. The van der Waals surface area contributed by atoms with Crippen molar-refractivity contribution in [3.63, 3.8) is 0 Å². The third-order valence-corrected chi connectivity index (χ3v) is 5.43. The minimum Gasteiger partial charge on any atom is -0.488 e. The molecular formula is C16H17F2NO3S2. The summed E-state index contributed by atoms with van der Waals surface area (Å²) in [5.41, 5.74) is 0. The van der Waals surface area contributed by atoms with Crippen molar-refractivity contribution in [2.24, 2.45) is 0 Å². The fourth-order valence-electron chi connectivity index (χ4n) is 1.93. The van der Waals surface area contributed by atoms with E-state index in [2.05, 4.69) is 4.72 Å². The minimum atomic E-state index is -3.58. The van der Waals surface area contributed by atoms with E-state index in [1.807, 2.05) is 0 Å². The summed E-state index contributed by atoms with van der Waals surface area (Å²) in [5.74, 6) is -1.61. The second-order valence-electron chi connectivity index (χ2n) is 4.71. The number of hydrogen-bond acceptors (Lipinski definition) is 4. The van der Waals surface area contributed by atoms with Crippen LogP contribution in [0.25, 0.3) is 0 Å². The molecule has 2 rings (SSSR count). The summed E-state index contributed by atoms with van der Waals surface area (Å²) in [6, 6.07) is 10.3. The molecule has 0 heterocycles. The number of nitrogens with one attached hydrogen (secondary N) is 1. The molecule has 8 heteroatoms. The van der Waals surface area contributed by atoms with Gasteiger partial charge in [-0.3, -0.25) is 0 Å². The van der Waals surface area contributed by atoms with Crippen LogP contribution in [0.3, 0.4) is 0 Å². The monoisotopic (exact) mass is 373 g/mol. The summed E-state index contributed by atoms with van der Waals surface area (Å²) < 4.78 is 58.8. The molecule has 0 saturated carbocycles. The first-order chi connectivity index (χ1) is 11.4. The molecule has 0 amide bonds. The van der Waals surface area contributed by atoms with Crippen LogP contribution < -0.4 is 9.46 Å². The van der Waals surface area contributed by atoms with Crippen molar-refractivity contribution >= 4 is 21.8 Å². The largest absolute Gasteiger partial charge is 0.488 e. The van der Waals surface area contributed by atoms with E-state index in [9.17, 15) is 17.2 Å². The number of thioether (sulfide) groups is 1. The lowest BCUT2D eigenvalue weighted by Crippen LogP contribution is -2.25. The molecule has 0 saturated heterocycles. The van der Waals surface area contributed by atoms with Crippen LogP contribution in [0.5, 0.6) is 5.75 Å². The Balaban J connectivity index is 1.91. The molecule has 0 atom stereocenters. The fraction of sp³-hybridized carbons (Fsp3) is 0.250. The lowest BCUT2D eigenvalue weighted by atomic mass is 10.3. The van der Waals surface area contributed by atoms with E-state index in [1.165, 1.54) is 24.3 Å². The Kier molecular flexibility index (Phi) is 6.59. The van der Waals surface area contributed by atoms with Gasteiger partial charge in [0.15, 0.2) is 17.4 Å². The summed E-state index contributed by atoms with van der Waals surface area (Å²) in [7, 11) is -3.58. The topological polar surface area (TPSA) is 55.4 Å². The van der Waals surface area contributed by atoms with Crippen LogP contribution in [0, 0.1) is 11.6 Å². The van der Waals surface area contributed by atoms with Gasteiger partial charge in [-0.05, 0) is 31.2 Å². The maximum atomic E-state index is 13.7. The predicted octanol–water partition coefficient (Wildman–Crippen LogP) is 3.43. The Labute approximate surface area is 144 Å². The zero-order valence-corrected chi connectivity index (χ0v) is 14.6. The van der Waals surface area contributed by atoms with Crippen molar-refractivity contribution in [1.29, 1.82) is 0 Å². The van der Waals surface area contributed by atoms with Crippen LogP contribution in [0.1, 0.15) is 6.92 Å². The predicted molar refractivity (Wildman–Crippen MR) is 89.9 cm³/mol. The zero-order chi connectivity index (χ0) is 17.6. The maximum Gasteiger partial charge on any atom is 0.240 e. The van der Waals surface area contributed by atoms with Crippen molar-refractivity contribution in [3.05, 3.63) is 54.1 Å². The molecule has 1 N–H and O–H groups in total. The molecule has 0 spiro atoms. The van der Waals surface area contributed by atoms with Crippen LogP contribution in [-0.4, -0.2) is 27.3 Å². The van der Waals surface area contributed by atoms with Crippen molar-refractivity contribution in [2.75, 3.05) is 18.9 Å². The number of ether oxygens (including phenoxy) is 1. The molecule has 0 unspecified atom stereocenters. The highest BCUT2D eigenvalue weighted by atomic mass is 32.2. The second kappa shape index (κ2) is 8.46. The second-order valence-corrected chi connectivity index (χ2v) is 7.64. The number of halogens is 2. The summed E-state index contributed by atoms with van der Waals surface area (Å²) in [4.78, 5) is 0.542. The lowest BCUT2D eigenvalue weighted by molar-refractivity contribution is 0.302. The zero-order valence-electron chi connectivity index (χ0n) is 13.0. The Morgan fingerprint density at radius 2 is 1.75 bits per heavy atom. The molecule has 0 aliphatic rings. The van der Waals surface area contributed by atoms with Crippen LogP contribution in [0.2, 0.25) is 0 Å². The van der Waals surface area contributed by atoms with Gasteiger partial charge in [0.25, 0.3) is 0 Å². The standard InChI is InChI=1S/C16H17F2NO3S2/c1-2-22-16-14(17)10-12(11-15(16)18)23-9-8-19-24(20,21)13-6-4-3-5-7-13/h3-7,10-11,19H,2,8-9H2,1H3. The third kappa shape index (κ3) is 4.93. The Bertz CT molecular complexity index is 760. The molecule has 24 heavy (non-hydrogen) atoms. The number of sulfonamides is 1. The van der Waals surface area contributed by atoms with Gasteiger partial charge in [-0.15, -0.1) is 11.8 Å². The molecule has 0 aromatic heterocycles. The van der Waals surface area contributed by atoms with Gasteiger partial charge in [-0.25, -0.2) is 21.9 Å². The summed E-state index contributed by atoms with van der Waals surface area (Å²) in [6.07, 6.45) is 0. The van der Waals surface area contributed by atoms with Crippen molar-refractivity contribution in [2.45, 2.75) is 16.7 Å². The number of benzene rings is 2.